The Balaban J connectivity index is 1.26. The molecule has 3 aliphatic rings. The summed E-state index contributed by atoms with van der Waals surface area (Å²) in [4.78, 5) is 55.8. The Labute approximate surface area is 209 Å². The van der Waals surface area contributed by atoms with Crippen molar-refractivity contribution >= 4 is 29.3 Å². The number of anilines is 1. The second-order valence-corrected chi connectivity index (χ2v) is 9.05. The first-order valence-corrected chi connectivity index (χ1v) is 11.9. The summed E-state index contributed by atoms with van der Waals surface area (Å²) in [6, 6.07) is 12.1. The molecule has 2 aromatic rings. The summed E-state index contributed by atoms with van der Waals surface area (Å²) >= 11 is 0. The molecule has 2 aromatic carbocycles. The van der Waals surface area contributed by atoms with Crippen LogP contribution in [-0.2, 0) is 16.1 Å². The van der Waals surface area contributed by atoms with Crippen LogP contribution in [0.5, 0.6) is 5.75 Å². The van der Waals surface area contributed by atoms with Gasteiger partial charge in [-0.15, -0.1) is 6.42 Å². The zero-order valence-electron chi connectivity index (χ0n) is 19.7. The van der Waals surface area contributed by atoms with E-state index in [0.29, 0.717) is 29.9 Å². The van der Waals surface area contributed by atoms with Crippen LogP contribution in [0.15, 0.2) is 42.5 Å². The Kier molecular flexibility index (Phi) is 6.44. The molecule has 5 rings (SSSR count). The van der Waals surface area contributed by atoms with Crippen LogP contribution in [0, 0.1) is 12.3 Å². The van der Waals surface area contributed by atoms with E-state index in [1.807, 2.05) is 30.3 Å². The van der Waals surface area contributed by atoms with Crippen molar-refractivity contribution in [1.29, 1.82) is 0 Å². The van der Waals surface area contributed by atoms with Crippen molar-refractivity contribution in [3.63, 3.8) is 0 Å². The van der Waals surface area contributed by atoms with Gasteiger partial charge in [-0.2, -0.15) is 0 Å². The van der Waals surface area contributed by atoms with Crippen LogP contribution in [0.1, 0.15) is 39.1 Å². The third-order valence-corrected chi connectivity index (χ3v) is 6.81. The van der Waals surface area contributed by atoms with Crippen LogP contribution in [-0.4, -0.2) is 72.3 Å². The number of ether oxygens (including phenoxy) is 1. The van der Waals surface area contributed by atoms with Crippen LogP contribution in [0.4, 0.5) is 5.69 Å². The Hall–Kier alpha value is -4.16. The van der Waals surface area contributed by atoms with E-state index in [1.54, 1.807) is 12.1 Å². The Morgan fingerprint density at radius 3 is 2.42 bits per heavy atom. The van der Waals surface area contributed by atoms with Crippen molar-refractivity contribution in [1.82, 2.24) is 15.1 Å². The lowest BCUT2D eigenvalue weighted by atomic mass is 10.0. The summed E-state index contributed by atoms with van der Waals surface area (Å²) < 4.78 is 5.42. The predicted octanol–water partition coefficient (Wildman–Crippen LogP) is 1.42. The average molecular weight is 487 g/mol. The summed E-state index contributed by atoms with van der Waals surface area (Å²) in [5.74, 6) is 1.23. The molecule has 1 atom stereocenters. The smallest absolute Gasteiger partial charge is 0.264 e. The standard InChI is InChI=1S/C27H26N4O5/c1-2-16-36-19-8-6-18(7-9-19)17-29-12-14-30(15-13-29)21-5-3-4-20-24(21)27(35)31(26(20)34)22-10-11-23(32)28-25(22)33/h1,3-9,22H,10-17H2,(H,28,32,33). The third-order valence-electron chi connectivity index (χ3n) is 6.81. The zero-order chi connectivity index (χ0) is 25.2. The van der Waals surface area contributed by atoms with E-state index in [4.69, 9.17) is 11.2 Å². The van der Waals surface area contributed by atoms with Gasteiger partial charge in [0, 0.05) is 39.1 Å². The molecule has 1 N–H and O–H groups in total. The molecule has 0 aromatic heterocycles. The molecule has 9 nitrogen and oxygen atoms in total. The summed E-state index contributed by atoms with van der Waals surface area (Å²) in [5, 5.41) is 2.23. The lowest BCUT2D eigenvalue weighted by molar-refractivity contribution is -0.136. The van der Waals surface area contributed by atoms with Gasteiger partial charge in [0.25, 0.3) is 11.8 Å². The number of imide groups is 2. The van der Waals surface area contributed by atoms with Crippen molar-refractivity contribution in [2.24, 2.45) is 0 Å². The number of amides is 4. The van der Waals surface area contributed by atoms with Gasteiger partial charge in [-0.25, -0.2) is 0 Å². The normalized spacial score (nSPS) is 20.2. The molecule has 0 aliphatic carbocycles. The zero-order valence-corrected chi connectivity index (χ0v) is 19.7. The van der Waals surface area contributed by atoms with E-state index in [1.165, 1.54) is 0 Å². The van der Waals surface area contributed by atoms with Crippen molar-refractivity contribution in [2.75, 3.05) is 37.7 Å². The summed E-state index contributed by atoms with van der Waals surface area (Å²) in [5.41, 5.74) is 2.51. The topological polar surface area (TPSA) is 99.3 Å². The molecule has 0 radical (unpaired) electrons. The number of benzene rings is 2. The highest BCUT2D eigenvalue weighted by Gasteiger charge is 2.46. The Morgan fingerprint density at radius 1 is 0.972 bits per heavy atom. The van der Waals surface area contributed by atoms with E-state index in [9.17, 15) is 19.2 Å². The molecule has 2 saturated heterocycles. The molecule has 0 bridgehead atoms. The molecule has 3 heterocycles. The number of terminal acetylenes is 1. The number of hydrogen-bond acceptors (Lipinski definition) is 7. The number of carbonyl (C=O) groups excluding carboxylic acids is 4. The lowest BCUT2D eigenvalue weighted by Gasteiger charge is -2.36. The van der Waals surface area contributed by atoms with Gasteiger partial charge < -0.3 is 9.64 Å². The monoisotopic (exact) mass is 486 g/mol. The minimum atomic E-state index is -0.969. The highest BCUT2D eigenvalue weighted by Crippen LogP contribution is 2.34. The van der Waals surface area contributed by atoms with Crippen molar-refractivity contribution in [3.05, 3.63) is 59.2 Å². The second-order valence-electron chi connectivity index (χ2n) is 9.05. The first kappa shape index (κ1) is 23.6. The minimum absolute atomic E-state index is 0.0965. The molecule has 9 heteroatoms. The number of hydrogen-bond donors (Lipinski definition) is 1. The Bertz CT molecular complexity index is 1260. The number of carbonyl (C=O) groups is 4. The molecule has 36 heavy (non-hydrogen) atoms. The third kappa shape index (κ3) is 4.43. The van der Waals surface area contributed by atoms with Gasteiger partial charge in [-0.05, 0) is 36.2 Å². The fourth-order valence-corrected chi connectivity index (χ4v) is 4.98. The van der Waals surface area contributed by atoms with Crippen LogP contribution in [0.3, 0.4) is 0 Å². The first-order chi connectivity index (χ1) is 17.5. The average Bonchev–Trinajstić information content (AvgIpc) is 3.14. The number of fused-ring (bicyclic) bond motifs is 1. The van der Waals surface area contributed by atoms with Crippen LogP contribution in [0.25, 0.3) is 0 Å². The number of rotatable bonds is 6. The van der Waals surface area contributed by atoms with Crippen molar-refractivity contribution < 1.29 is 23.9 Å². The van der Waals surface area contributed by atoms with E-state index in [0.717, 1.165) is 35.8 Å². The lowest BCUT2D eigenvalue weighted by Crippen LogP contribution is -2.54. The van der Waals surface area contributed by atoms with Gasteiger partial charge in [-0.1, -0.05) is 24.1 Å². The summed E-state index contributed by atoms with van der Waals surface area (Å²) in [7, 11) is 0. The maximum absolute atomic E-state index is 13.4. The minimum Gasteiger partial charge on any atom is -0.481 e. The van der Waals surface area contributed by atoms with E-state index in [-0.39, 0.29) is 25.4 Å². The van der Waals surface area contributed by atoms with Crippen molar-refractivity contribution in [3.8, 4) is 18.1 Å². The molecule has 0 spiro atoms. The van der Waals surface area contributed by atoms with Crippen LogP contribution in [0.2, 0.25) is 0 Å². The van der Waals surface area contributed by atoms with Gasteiger partial charge >= 0.3 is 0 Å². The highest BCUT2D eigenvalue weighted by atomic mass is 16.5. The largest absolute Gasteiger partial charge is 0.481 e. The number of nitrogens with one attached hydrogen (secondary N) is 1. The van der Waals surface area contributed by atoms with E-state index in [2.05, 4.69) is 21.0 Å². The fraction of sp³-hybridized carbons (Fsp3) is 0.333. The quantitative estimate of drug-likeness (QED) is 0.487. The van der Waals surface area contributed by atoms with E-state index >= 15 is 0 Å². The SMILES string of the molecule is C#CCOc1ccc(CN2CCN(c3cccc4c3C(=O)N(C3CCC(=O)NC3=O)C4=O)CC2)cc1. The molecule has 4 amide bonds. The molecular weight excluding hydrogens is 460 g/mol. The summed E-state index contributed by atoms with van der Waals surface area (Å²) in [6.07, 6.45) is 5.46. The van der Waals surface area contributed by atoms with Gasteiger partial charge in [0.05, 0.1) is 16.8 Å². The van der Waals surface area contributed by atoms with Gasteiger partial charge in [-0.3, -0.25) is 34.3 Å². The molecule has 184 valence electrons. The number of piperazine rings is 1. The van der Waals surface area contributed by atoms with Crippen molar-refractivity contribution in [2.45, 2.75) is 25.4 Å². The summed E-state index contributed by atoms with van der Waals surface area (Å²) in [6.45, 7) is 4.00. The van der Waals surface area contributed by atoms with E-state index < -0.39 is 23.8 Å². The molecule has 1 unspecified atom stereocenters. The van der Waals surface area contributed by atoms with Gasteiger partial charge in [0.15, 0.2) is 0 Å². The second kappa shape index (κ2) is 9.84. The molecule has 2 fully saturated rings. The first-order valence-electron chi connectivity index (χ1n) is 11.9. The molecular formula is C27H26N4O5. The molecule has 3 aliphatic heterocycles. The maximum atomic E-state index is 13.4. The predicted molar refractivity (Wildman–Crippen MR) is 131 cm³/mol. The fourth-order valence-electron chi connectivity index (χ4n) is 4.98. The Morgan fingerprint density at radius 2 is 1.72 bits per heavy atom. The number of piperidine rings is 1. The maximum Gasteiger partial charge on any atom is 0.264 e. The van der Waals surface area contributed by atoms with Gasteiger partial charge in [0.1, 0.15) is 18.4 Å². The van der Waals surface area contributed by atoms with Crippen LogP contribution < -0.4 is 15.0 Å². The number of nitrogens with zero attached hydrogens (tertiary/aromatic N) is 3. The molecule has 0 saturated carbocycles. The van der Waals surface area contributed by atoms with Crippen LogP contribution >= 0.6 is 0 Å². The highest BCUT2D eigenvalue weighted by molar-refractivity contribution is 6.25. The van der Waals surface area contributed by atoms with Gasteiger partial charge in [0.2, 0.25) is 11.8 Å².